The molecule has 0 radical (unpaired) electrons. The highest BCUT2D eigenvalue weighted by Crippen LogP contribution is 2.11. The number of nitrogen functional groups attached to an aromatic ring is 1. The minimum Gasteiger partial charge on any atom is -0.383 e. The second kappa shape index (κ2) is 5.42. The van der Waals surface area contributed by atoms with Crippen molar-refractivity contribution in [1.82, 2.24) is 14.7 Å². The number of hydrogen-bond donors (Lipinski definition) is 3. The molecule has 0 amide bonds. The molecule has 8 nitrogen and oxygen atoms in total. The molecule has 0 saturated carbocycles. The molecule has 0 saturated heterocycles. The number of aromatic nitrogens is 3. The first-order valence-electron chi connectivity index (χ1n) is 5.89. The lowest BCUT2D eigenvalue weighted by molar-refractivity contribution is 0.412. The Morgan fingerprint density at radius 3 is 2.95 bits per heavy atom. The van der Waals surface area contributed by atoms with Crippen molar-refractivity contribution < 1.29 is 4.52 Å². The number of rotatable bonds is 5. The average Bonchev–Trinajstić information content (AvgIpc) is 2.87. The van der Waals surface area contributed by atoms with Crippen LogP contribution in [-0.4, -0.2) is 14.7 Å². The van der Waals surface area contributed by atoms with Crippen LogP contribution >= 0.6 is 0 Å². The van der Waals surface area contributed by atoms with Crippen molar-refractivity contribution in [3.63, 3.8) is 0 Å². The molecule has 0 aromatic carbocycles. The van der Waals surface area contributed by atoms with Crippen molar-refractivity contribution in [3.05, 3.63) is 38.9 Å². The van der Waals surface area contributed by atoms with Gasteiger partial charge in [0.2, 0.25) is 0 Å². The van der Waals surface area contributed by atoms with Crippen LogP contribution in [0.4, 0.5) is 11.5 Å². The van der Waals surface area contributed by atoms with Gasteiger partial charge in [0.1, 0.15) is 23.5 Å². The molecule has 0 aliphatic carbocycles. The van der Waals surface area contributed by atoms with Crippen molar-refractivity contribution in [3.8, 4) is 0 Å². The van der Waals surface area contributed by atoms with E-state index in [2.05, 4.69) is 20.0 Å². The van der Waals surface area contributed by atoms with Crippen molar-refractivity contribution in [2.24, 2.45) is 0 Å². The lowest BCUT2D eigenvalue weighted by Crippen LogP contribution is -2.34. The molecule has 0 unspecified atom stereocenters. The first-order valence-corrected chi connectivity index (χ1v) is 5.89. The number of hydrogen-bond acceptors (Lipinski definition) is 6. The first kappa shape index (κ1) is 12.9. The van der Waals surface area contributed by atoms with Gasteiger partial charge in [0.15, 0.2) is 0 Å². The second-order valence-corrected chi connectivity index (χ2v) is 4.02. The van der Waals surface area contributed by atoms with Crippen molar-refractivity contribution in [1.29, 1.82) is 0 Å². The highest BCUT2D eigenvalue weighted by Gasteiger charge is 2.11. The normalized spacial score (nSPS) is 10.6. The van der Waals surface area contributed by atoms with E-state index < -0.39 is 11.2 Å². The molecule has 0 aliphatic rings. The van der Waals surface area contributed by atoms with Gasteiger partial charge < -0.3 is 15.6 Å². The number of nitrogens with zero attached hydrogens (tertiary/aromatic N) is 2. The predicted molar refractivity (Wildman–Crippen MR) is 69.9 cm³/mol. The Balaban J connectivity index is 2.31. The fourth-order valence-corrected chi connectivity index (χ4v) is 1.71. The zero-order valence-electron chi connectivity index (χ0n) is 10.5. The van der Waals surface area contributed by atoms with Crippen molar-refractivity contribution in [2.45, 2.75) is 26.4 Å². The molecule has 0 aliphatic heterocycles. The van der Waals surface area contributed by atoms with Crippen LogP contribution in [0, 0.1) is 0 Å². The first-order chi connectivity index (χ1) is 9.13. The third kappa shape index (κ3) is 2.67. The largest absolute Gasteiger partial charge is 0.383 e. The van der Waals surface area contributed by atoms with Gasteiger partial charge in [-0.05, 0) is 6.42 Å². The topological polar surface area (TPSA) is 119 Å². The highest BCUT2D eigenvalue weighted by atomic mass is 16.5. The fraction of sp³-hybridized carbons (Fsp3) is 0.364. The van der Waals surface area contributed by atoms with Crippen LogP contribution in [0.5, 0.6) is 0 Å². The van der Waals surface area contributed by atoms with Crippen LogP contribution < -0.4 is 22.3 Å². The summed E-state index contributed by atoms with van der Waals surface area (Å²) in [7, 11) is 0. The molecule has 102 valence electrons. The third-order valence-electron chi connectivity index (χ3n) is 2.62. The number of H-pyrrole nitrogens is 1. The fourth-order valence-electron chi connectivity index (χ4n) is 1.71. The molecule has 19 heavy (non-hydrogen) atoms. The van der Waals surface area contributed by atoms with Gasteiger partial charge in [-0.2, -0.15) is 0 Å². The van der Waals surface area contributed by atoms with Gasteiger partial charge in [-0.1, -0.05) is 12.1 Å². The summed E-state index contributed by atoms with van der Waals surface area (Å²) < 4.78 is 6.01. The van der Waals surface area contributed by atoms with E-state index in [1.165, 1.54) is 10.8 Å². The van der Waals surface area contributed by atoms with Crippen LogP contribution in [-0.2, 0) is 13.1 Å². The van der Waals surface area contributed by atoms with Crippen LogP contribution in [0.15, 0.2) is 26.4 Å². The van der Waals surface area contributed by atoms with E-state index in [0.29, 0.717) is 12.2 Å². The molecule has 2 heterocycles. The van der Waals surface area contributed by atoms with E-state index in [1.807, 2.05) is 6.92 Å². The van der Waals surface area contributed by atoms with E-state index in [1.54, 1.807) is 6.07 Å². The molecule has 2 aromatic heterocycles. The zero-order chi connectivity index (χ0) is 13.8. The van der Waals surface area contributed by atoms with E-state index in [0.717, 1.165) is 6.42 Å². The van der Waals surface area contributed by atoms with E-state index in [4.69, 9.17) is 5.73 Å². The molecule has 8 heteroatoms. The summed E-state index contributed by atoms with van der Waals surface area (Å²) in [5, 5.41) is 6.57. The van der Waals surface area contributed by atoms with Crippen molar-refractivity contribution in [2.75, 3.05) is 11.1 Å². The summed E-state index contributed by atoms with van der Waals surface area (Å²) in [5.74, 6) is 0.124. The lowest BCUT2D eigenvalue weighted by atomic mass is 10.3. The third-order valence-corrected chi connectivity index (χ3v) is 2.62. The van der Waals surface area contributed by atoms with Gasteiger partial charge in [0.05, 0.1) is 6.54 Å². The summed E-state index contributed by atoms with van der Waals surface area (Å²) >= 11 is 0. The Morgan fingerprint density at radius 1 is 1.53 bits per heavy atom. The smallest absolute Gasteiger partial charge is 0.330 e. The minimum atomic E-state index is -0.543. The van der Waals surface area contributed by atoms with Crippen LogP contribution in [0.1, 0.15) is 19.0 Å². The van der Waals surface area contributed by atoms with Gasteiger partial charge in [-0.15, -0.1) is 0 Å². The van der Waals surface area contributed by atoms with E-state index in [9.17, 15) is 9.59 Å². The Kier molecular flexibility index (Phi) is 3.69. The Morgan fingerprint density at radius 2 is 2.32 bits per heavy atom. The summed E-state index contributed by atoms with van der Waals surface area (Å²) in [6.45, 7) is 2.65. The Labute approximate surface area is 108 Å². The molecule has 2 rings (SSSR count). The van der Waals surface area contributed by atoms with Gasteiger partial charge in [-0.25, -0.2) is 4.79 Å². The monoisotopic (exact) mass is 265 g/mol. The summed E-state index contributed by atoms with van der Waals surface area (Å²) in [6, 6.07) is 1.67. The van der Waals surface area contributed by atoms with Gasteiger partial charge in [0, 0.05) is 12.6 Å². The highest BCUT2D eigenvalue weighted by molar-refractivity contribution is 5.60. The van der Waals surface area contributed by atoms with Crippen molar-refractivity contribution >= 4 is 11.5 Å². The van der Waals surface area contributed by atoms with E-state index >= 15 is 0 Å². The average molecular weight is 265 g/mol. The quantitative estimate of drug-likeness (QED) is 0.707. The maximum absolute atomic E-state index is 11.7. The maximum atomic E-state index is 11.7. The number of anilines is 2. The molecular weight excluding hydrogens is 250 g/mol. The molecule has 0 bridgehead atoms. The summed E-state index contributed by atoms with van der Waals surface area (Å²) in [4.78, 5) is 25.6. The molecule has 0 fully saturated rings. The Bertz CT molecular complexity index is 656. The molecule has 2 aromatic rings. The van der Waals surface area contributed by atoms with Gasteiger partial charge >= 0.3 is 5.69 Å². The number of nitrogens with two attached hydrogens (primary N) is 1. The predicted octanol–water partition coefficient (Wildman–Crippen LogP) is 0.129. The SMILES string of the molecule is CCCn1c(N)c(NCc2ccon2)c(=O)[nH]c1=O. The van der Waals surface area contributed by atoms with E-state index in [-0.39, 0.29) is 18.1 Å². The molecule has 0 spiro atoms. The van der Waals surface area contributed by atoms with Gasteiger partial charge in [0.25, 0.3) is 5.56 Å². The molecular formula is C11H15N5O3. The summed E-state index contributed by atoms with van der Waals surface area (Å²) in [6.07, 6.45) is 2.17. The Hall–Kier alpha value is -2.51. The number of aromatic amines is 1. The standard InChI is InChI=1S/C11H15N5O3/c1-2-4-16-9(12)8(10(17)14-11(16)18)13-6-7-3-5-19-15-7/h3,5,13H,2,4,6,12H2,1H3,(H,14,17,18). The maximum Gasteiger partial charge on any atom is 0.330 e. The molecule has 4 N–H and O–H groups in total. The molecule has 0 atom stereocenters. The summed E-state index contributed by atoms with van der Waals surface area (Å²) in [5.41, 5.74) is 5.60. The minimum absolute atomic E-state index is 0.124. The van der Waals surface area contributed by atoms with Gasteiger partial charge in [-0.3, -0.25) is 14.3 Å². The zero-order valence-corrected chi connectivity index (χ0v) is 10.5. The van der Waals surface area contributed by atoms with Crippen LogP contribution in [0.25, 0.3) is 0 Å². The lowest BCUT2D eigenvalue weighted by Gasteiger charge is -2.12. The van der Waals surface area contributed by atoms with Crippen LogP contribution in [0.3, 0.4) is 0 Å². The number of nitrogens with one attached hydrogen (secondary N) is 2. The van der Waals surface area contributed by atoms with Crippen LogP contribution in [0.2, 0.25) is 0 Å². The second-order valence-electron chi connectivity index (χ2n) is 4.02.